The van der Waals surface area contributed by atoms with Gasteiger partial charge in [-0.3, -0.25) is 4.57 Å². The summed E-state index contributed by atoms with van der Waals surface area (Å²) in [4.78, 5) is 12.5. The van der Waals surface area contributed by atoms with Crippen LogP contribution in [0, 0.1) is 0 Å². The molecule has 0 bridgehead atoms. The third kappa shape index (κ3) is 3.10. The first-order valence-corrected chi connectivity index (χ1v) is 7.38. The van der Waals surface area contributed by atoms with Gasteiger partial charge in [-0.05, 0) is 49.4 Å². The minimum Gasteiger partial charge on any atom is -0.392 e. The number of hydrogen-bond acceptors (Lipinski definition) is 4. The molecule has 102 valence electrons. The van der Waals surface area contributed by atoms with Gasteiger partial charge in [0.05, 0.1) is 6.61 Å². The van der Waals surface area contributed by atoms with Gasteiger partial charge >= 0.3 is 5.69 Å². The summed E-state index contributed by atoms with van der Waals surface area (Å²) >= 11 is 4.73. The lowest BCUT2D eigenvalue weighted by molar-refractivity contribution is 0.279. The van der Waals surface area contributed by atoms with Gasteiger partial charge in [0.2, 0.25) is 0 Å². The highest BCUT2D eigenvalue weighted by atomic mass is 79.9. The number of benzene rings is 1. The van der Waals surface area contributed by atoms with Gasteiger partial charge in [-0.1, -0.05) is 15.9 Å². The molecule has 0 atom stereocenters. The predicted molar refractivity (Wildman–Crippen MR) is 77.4 cm³/mol. The fraction of sp³-hybridized carbons (Fsp3) is 0.333. The molecule has 2 rings (SSSR count). The van der Waals surface area contributed by atoms with Gasteiger partial charge in [-0.25, -0.2) is 9.89 Å². The van der Waals surface area contributed by atoms with E-state index in [1.165, 1.54) is 11.8 Å². The van der Waals surface area contributed by atoms with Crippen LogP contribution < -0.4 is 5.69 Å². The minimum absolute atomic E-state index is 0.0294. The number of aliphatic hydroxyl groups is 1. The summed E-state index contributed by atoms with van der Waals surface area (Å²) in [6.45, 7) is 3.79. The normalized spacial score (nSPS) is 11.2. The summed E-state index contributed by atoms with van der Waals surface area (Å²) in [5.41, 5.74) is 0.574. The maximum Gasteiger partial charge on any atom is 0.344 e. The first kappa shape index (κ1) is 14.4. The van der Waals surface area contributed by atoms with Gasteiger partial charge in [0, 0.05) is 15.4 Å². The zero-order valence-electron chi connectivity index (χ0n) is 10.6. The van der Waals surface area contributed by atoms with Crippen LogP contribution in [0.25, 0.3) is 0 Å². The summed E-state index contributed by atoms with van der Waals surface area (Å²) in [5, 5.41) is 16.4. The van der Waals surface area contributed by atoms with Crippen molar-refractivity contribution in [3.8, 4) is 0 Å². The van der Waals surface area contributed by atoms with Crippen molar-refractivity contribution in [2.45, 2.75) is 36.5 Å². The average Bonchev–Trinajstić information content (AvgIpc) is 2.72. The van der Waals surface area contributed by atoms with Gasteiger partial charge in [-0.15, -0.1) is 5.10 Å². The zero-order valence-corrected chi connectivity index (χ0v) is 13.0. The van der Waals surface area contributed by atoms with Crippen molar-refractivity contribution in [1.82, 2.24) is 14.8 Å². The lowest BCUT2D eigenvalue weighted by Gasteiger charge is -2.10. The molecule has 5 nitrogen and oxygen atoms in total. The Hall–Kier alpha value is -1.05. The third-order valence-electron chi connectivity index (χ3n) is 2.58. The van der Waals surface area contributed by atoms with Gasteiger partial charge < -0.3 is 5.11 Å². The molecule has 1 aromatic heterocycles. The second-order valence-corrected chi connectivity index (χ2v) is 6.21. The number of aromatic amines is 1. The van der Waals surface area contributed by atoms with E-state index in [2.05, 4.69) is 26.1 Å². The van der Waals surface area contributed by atoms with Crippen molar-refractivity contribution in [2.24, 2.45) is 0 Å². The Labute approximate surface area is 123 Å². The molecule has 0 fully saturated rings. The molecular weight excluding hydrogens is 330 g/mol. The number of aliphatic hydroxyl groups excluding tert-OH is 1. The Balaban J connectivity index is 2.39. The highest BCUT2D eigenvalue weighted by Crippen LogP contribution is 2.31. The Morgan fingerprint density at radius 3 is 2.89 bits per heavy atom. The summed E-state index contributed by atoms with van der Waals surface area (Å²) < 4.78 is 2.50. The lowest BCUT2D eigenvalue weighted by Crippen LogP contribution is -2.19. The van der Waals surface area contributed by atoms with Gasteiger partial charge in [0.25, 0.3) is 0 Å². The smallest absolute Gasteiger partial charge is 0.344 e. The van der Waals surface area contributed by atoms with Crippen LogP contribution in [0.2, 0.25) is 0 Å². The number of rotatable bonds is 4. The van der Waals surface area contributed by atoms with Crippen molar-refractivity contribution in [3.63, 3.8) is 0 Å². The van der Waals surface area contributed by atoms with Crippen molar-refractivity contribution in [3.05, 3.63) is 38.7 Å². The van der Waals surface area contributed by atoms with Crippen LogP contribution in [0.4, 0.5) is 0 Å². The molecule has 0 radical (unpaired) electrons. The Bertz CT molecular complexity index is 636. The zero-order chi connectivity index (χ0) is 14.0. The summed E-state index contributed by atoms with van der Waals surface area (Å²) in [6.07, 6.45) is 0. The average molecular weight is 344 g/mol. The SMILES string of the molecule is CC(C)n1c(Sc2ccc(Br)cc2CO)n[nH]c1=O. The maximum atomic E-state index is 11.7. The molecule has 0 saturated heterocycles. The van der Waals surface area contributed by atoms with Crippen LogP contribution in [-0.2, 0) is 6.61 Å². The fourth-order valence-electron chi connectivity index (χ4n) is 1.69. The van der Waals surface area contributed by atoms with Crippen molar-refractivity contribution in [2.75, 3.05) is 0 Å². The molecule has 0 aliphatic carbocycles. The Kier molecular flexibility index (Phi) is 4.49. The van der Waals surface area contributed by atoms with Crippen LogP contribution in [0.15, 0.2) is 37.5 Å². The number of hydrogen-bond donors (Lipinski definition) is 2. The van der Waals surface area contributed by atoms with E-state index in [0.717, 1.165) is 14.9 Å². The molecule has 0 unspecified atom stereocenters. The number of nitrogens with zero attached hydrogens (tertiary/aromatic N) is 2. The fourth-order valence-corrected chi connectivity index (χ4v) is 3.17. The van der Waals surface area contributed by atoms with E-state index in [9.17, 15) is 9.90 Å². The summed E-state index contributed by atoms with van der Waals surface area (Å²) in [7, 11) is 0. The molecule has 19 heavy (non-hydrogen) atoms. The second kappa shape index (κ2) is 5.94. The largest absolute Gasteiger partial charge is 0.392 e. The van der Waals surface area contributed by atoms with Crippen LogP contribution in [0.3, 0.4) is 0 Å². The molecule has 0 aliphatic rings. The van der Waals surface area contributed by atoms with E-state index in [4.69, 9.17) is 0 Å². The monoisotopic (exact) mass is 343 g/mol. The molecule has 0 amide bonds. The third-order valence-corrected chi connectivity index (χ3v) is 4.16. The molecule has 1 heterocycles. The lowest BCUT2D eigenvalue weighted by atomic mass is 10.2. The topological polar surface area (TPSA) is 70.9 Å². The molecule has 1 aromatic carbocycles. The Morgan fingerprint density at radius 2 is 2.26 bits per heavy atom. The predicted octanol–water partition coefficient (Wildman–Crippen LogP) is 2.56. The van der Waals surface area contributed by atoms with Crippen LogP contribution >= 0.6 is 27.7 Å². The van der Waals surface area contributed by atoms with Crippen LogP contribution in [-0.4, -0.2) is 19.9 Å². The van der Waals surface area contributed by atoms with Crippen molar-refractivity contribution in [1.29, 1.82) is 0 Å². The molecule has 0 spiro atoms. The van der Waals surface area contributed by atoms with E-state index in [1.807, 2.05) is 32.0 Å². The first-order chi connectivity index (χ1) is 9.02. The first-order valence-electron chi connectivity index (χ1n) is 5.77. The summed E-state index contributed by atoms with van der Waals surface area (Å²) in [5.74, 6) is 0. The van der Waals surface area contributed by atoms with E-state index < -0.39 is 0 Å². The number of H-pyrrole nitrogens is 1. The maximum absolute atomic E-state index is 11.7. The molecule has 0 aliphatic heterocycles. The van der Waals surface area contributed by atoms with E-state index >= 15 is 0 Å². The number of aromatic nitrogens is 3. The highest BCUT2D eigenvalue weighted by Gasteiger charge is 2.14. The van der Waals surface area contributed by atoms with Crippen LogP contribution in [0.5, 0.6) is 0 Å². The molecular formula is C12H14BrN3O2S. The van der Waals surface area contributed by atoms with E-state index in [1.54, 1.807) is 4.57 Å². The van der Waals surface area contributed by atoms with E-state index in [0.29, 0.717) is 5.16 Å². The Morgan fingerprint density at radius 1 is 1.53 bits per heavy atom. The van der Waals surface area contributed by atoms with Crippen molar-refractivity contribution >= 4 is 27.7 Å². The van der Waals surface area contributed by atoms with Crippen LogP contribution in [0.1, 0.15) is 25.5 Å². The quantitative estimate of drug-likeness (QED) is 0.894. The standard InChI is InChI=1S/C12H14BrN3O2S/c1-7(2)16-11(18)14-15-12(16)19-10-4-3-9(13)5-8(10)6-17/h3-5,7,17H,6H2,1-2H3,(H,14,18). The number of halogens is 1. The highest BCUT2D eigenvalue weighted by molar-refractivity contribution is 9.10. The van der Waals surface area contributed by atoms with E-state index in [-0.39, 0.29) is 18.3 Å². The molecule has 7 heteroatoms. The van der Waals surface area contributed by atoms with Crippen molar-refractivity contribution < 1.29 is 5.11 Å². The van der Waals surface area contributed by atoms with Gasteiger partial charge in [-0.2, -0.15) is 0 Å². The summed E-state index contributed by atoms with van der Waals surface area (Å²) in [6, 6.07) is 5.67. The molecule has 0 saturated carbocycles. The number of nitrogens with one attached hydrogen (secondary N) is 1. The molecule has 2 aromatic rings. The second-order valence-electron chi connectivity index (χ2n) is 4.29. The molecule has 2 N–H and O–H groups in total. The van der Waals surface area contributed by atoms with Gasteiger partial charge in [0.15, 0.2) is 5.16 Å². The van der Waals surface area contributed by atoms with Gasteiger partial charge in [0.1, 0.15) is 0 Å². The minimum atomic E-state index is -0.222.